The third kappa shape index (κ3) is 15.0. The van der Waals surface area contributed by atoms with E-state index in [0.29, 0.717) is 71.1 Å². The standard InChI is InChI=1S/C46H52N4O10S2.3C2H6/c1-8-59-41-23-30(17-19-39(41)57-6)37(49(5)44(54)32-13-10-15-35(34(32)25-51)47-28(3)52)26-61-21-12-22-62-27-38(31-18-20-40(58-7)42(24-31)60-9-2)50-45(55)33-14-11-16-36(48-29(4)53)43(33)46(50)56;3*1-2/h10-11,13-20,23-25,37-38H,8-9,12,21-22,26-27H2,1-7H3,(H,47,52)(H,48,53);3*1-2H3. The van der Waals surface area contributed by atoms with Gasteiger partial charge < -0.3 is 34.5 Å². The number of fused-ring (bicyclic) bond motifs is 1. The minimum absolute atomic E-state index is 0.0872. The predicted molar refractivity (Wildman–Crippen MR) is 277 cm³/mol. The lowest BCUT2D eigenvalue weighted by atomic mass is 10.0. The van der Waals surface area contributed by atoms with Crippen molar-refractivity contribution in [2.75, 3.05) is 68.1 Å². The van der Waals surface area contributed by atoms with Crippen molar-refractivity contribution in [3.8, 4) is 23.0 Å². The summed E-state index contributed by atoms with van der Waals surface area (Å²) in [5.74, 6) is 2.29. The van der Waals surface area contributed by atoms with Gasteiger partial charge in [-0.25, -0.2) is 0 Å². The van der Waals surface area contributed by atoms with E-state index >= 15 is 0 Å². The quantitative estimate of drug-likeness (QED) is 0.0435. The summed E-state index contributed by atoms with van der Waals surface area (Å²) in [5, 5.41) is 5.33. The molecule has 5 rings (SSSR count). The number of methoxy groups -OCH3 is 2. The molecule has 0 radical (unpaired) electrons. The van der Waals surface area contributed by atoms with Crippen molar-refractivity contribution in [1.82, 2.24) is 9.80 Å². The number of hydrogen-bond acceptors (Lipinski definition) is 12. The molecule has 1 aliphatic heterocycles. The monoisotopic (exact) mass is 974 g/mol. The van der Waals surface area contributed by atoms with Crippen molar-refractivity contribution >= 4 is 70.7 Å². The van der Waals surface area contributed by atoms with Gasteiger partial charge in [0.25, 0.3) is 17.7 Å². The number of nitrogens with one attached hydrogen (secondary N) is 2. The van der Waals surface area contributed by atoms with Crippen LogP contribution < -0.4 is 29.6 Å². The fourth-order valence-electron chi connectivity index (χ4n) is 7.13. The summed E-state index contributed by atoms with van der Waals surface area (Å²) < 4.78 is 22.8. The van der Waals surface area contributed by atoms with Crippen LogP contribution in [0, 0.1) is 0 Å². The molecule has 0 fully saturated rings. The van der Waals surface area contributed by atoms with E-state index in [2.05, 4.69) is 10.6 Å². The first kappa shape index (κ1) is 58.1. The van der Waals surface area contributed by atoms with Gasteiger partial charge in [0.2, 0.25) is 11.8 Å². The molecule has 0 bridgehead atoms. The highest BCUT2D eigenvalue weighted by Gasteiger charge is 2.42. The largest absolute Gasteiger partial charge is 0.493 e. The van der Waals surface area contributed by atoms with Crippen molar-refractivity contribution in [2.45, 2.75) is 87.7 Å². The number of imide groups is 1. The number of rotatable bonds is 22. The second kappa shape index (κ2) is 30.4. The zero-order valence-corrected chi connectivity index (χ0v) is 43.5. The van der Waals surface area contributed by atoms with Gasteiger partial charge in [0.05, 0.1) is 73.1 Å². The highest BCUT2D eigenvalue weighted by molar-refractivity contribution is 8.00. The van der Waals surface area contributed by atoms with E-state index in [1.165, 1.54) is 18.7 Å². The van der Waals surface area contributed by atoms with Crippen LogP contribution in [-0.2, 0) is 9.59 Å². The Bertz CT molecular complexity index is 2310. The molecule has 370 valence electrons. The molecule has 1 heterocycles. The summed E-state index contributed by atoms with van der Waals surface area (Å²) in [4.78, 5) is 81.2. The van der Waals surface area contributed by atoms with Gasteiger partial charge in [-0.05, 0) is 91.4 Å². The number of anilines is 2. The van der Waals surface area contributed by atoms with E-state index in [-0.39, 0.29) is 45.4 Å². The topological polar surface area (TPSA) is 170 Å². The van der Waals surface area contributed by atoms with E-state index in [4.69, 9.17) is 18.9 Å². The molecule has 2 unspecified atom stereocenters. The van der Waals surface area contributed by atoms with Crippen LogP contribution in [0.4, 0.5) is 11.4 Å². The van der Waals surface area contributed by atoms with E-state index in [9.17, 15) is 28.8 Å². The molecule has 0 aromatic heterocycles. The second-order valence-electron chi connectivity index (χ2n) is 14.1. The summed E-state index contributed by atoms with van der Waals surface area (Å²) in [7, 11) is 4.78. The van der Waals surface area contributed by atoms with Gasteiger partial charge in [-0.1, -0.05) is 65.8 Å². The molecule has 2 N–H and O–H groups in total. The smallest absolute Gasteiger partial charge is 0.264 e. The van der Waals surface area contributed by atoms with Gasteiger partial charge in [0.15, 0.2) is 29.3 Å². The van der Waals surface area contributed by atoms with Crippen LogP contribution in [0.15, 0.2) is 72.8 Å². The fourth-order valence-corrected chi connectivity index (χ4v) is 9.55. The van der Waals surface area contributed by atoms with Crippen LogP contribution in [0.1, 0.15) is 140 Å². The van der Waals surface area contributed by atoms with Crippen LogP contribution >= 0.6 is 23.5 Å². The Morgan fingerprint density at radius 1 is 0.691 bits per heavy atom. The van der Waals surface area contributed by atoms with Crippen LogP contribution in [-0.4, -0.2) is 103 Å². The Labute approximate surface area is 411 Å². The minimum atomic E-state index is -0.672. The summed E-state index contributed by atoms with van der Waals surface area (Å²) in [6.07, 6.45) is 1.33. The normalized spacial score (nSPS) is 12.0. The Morgan fingerprint density at radius 3 is 1.75 bits per heavy atom. The molecule has 0 aliphatic carbocycles. The van der Waals surface area contributed by atoms with E-state index in [0.717, 1.165) is 12.0 Å². The molecular formula is C52H70N4O10S2. The predicted octanol–water partition coefficient (Wildman–Crippen LogP) is 11.0. The second-order valence-corrected chi connectivity index (χ2v) is 16.4. The van der Waals surface area contributed by atoms with Crippen molar-refractivity contribution in [3.63, 3.8) is 0 Å². The van der Waals surface area contributed by atoms with E-state index in [1.807, 2.05) is 73.6 Å². The zero-order valence-electron chi connectivity index (χ0n) is 41.9. The molecule has 16 heteroatoms. The lowest BCUT2D eigenvalue weighted by Gasteiger charge is -2.30. The van der Waals surface area contributed by atoms with Gasteiger partial charge in [-0.15, -0.1) is 0 Å². The number of amides is 5. The van der Waals surface area contributed by atoms with Gasteiger partial charge in [-0.2, -0.15) is 23.5 Å². The van der Waals surface area contributed by atoms with Gasteiger partial charge in [0, 0.05) is 32.4 Å². The highest BCUT2D eigenvalue weighted by Crippen LogP contribution is 2.40. The first-order valence-corrected chi connectivity index (χ1v) is 25.4. The lowest BCUT2D eigenvalue weighted by Crippen LogP contribution is -2.35. The van der Waals surface area contributed by atoms with Crippen molar-refractivity contribution < 1.29 is 47.7 Å². The van der Waals surface area contributed by atoms with Crippen molar-refractivity contribution in [2.24, 2.45) is 0 Å². The number of aldehydes is 1. The minimum Gasteiger partial charge on any atom is -0.493 e. The van der Waals surface area contributed by atoms with Crippen LogP contribution in [0.5, 0.6) is 23.0 Å². The summed E-state index contributed by atoms with van der Waals surface area (Å²) in [5.41, 5.74) is 2.64. The molecular weight excluding hydrogens is 905 g/mol. The van der Waals surface area contributed by atoms with Crippen LogP contribution in [0.2, 0.25) is 0 Å². The molecule has 4 aromatic carbocycles. The van der Waals surface area contributed by atoms with Gasteiger partial charge >= 0.3 is 0 Å². The molecule has 2 atom stereocenters. The van der Waals surface area contributed by atoms with Crippen molar-refractivity contribution in [3.05, 3.63) is 106 Å². The van der Waals surface area contributed by atoms with Gasteiger partial charge in [-0.3, -0.25) is 33.7 Å². The van der Waals surface area contributed by atoms with Gasteiger partial charge in [0.1, 0.15) is 0 Å². The Morgan fingerprint density at radius 2 is 1.21 bits per heavy atom. The molecule has 1 aliphatic rings. The molecule has 14 nitrogen and oxygen atoms in total. The number of thioether (sulfide) groups is 2. The Hall–Kier alpha value is -6.00. The molecule has 0 spiro atoms. The number of ether oxygens (including phenoxy) is 4. The third-order valence-electron chi connectivity index (χ3n) is 10.00. The summed E-state index contributed by atoms with van der Waals surface area (Å²) in [6.45, 7) is 19.2. The molecule has 0 saturated heterocycles. The molecule has 4 aromatic rings. The van der Waals surface area contributed by atoms with Crippen LogP contribution in [0.25, 0.3) is 0 Å². The number of benzene rings is 4. The number of hydrogen-bond donors (Lipinski definition) is 2. The van der Waals surface area contributed by atoms with E-state index < -0.39 is 29.8 Å². The number of nitrogens with zero attached hydrogens (tertiary/aromatic N) is 2. The van der Waals surface area contributed by atoms with E-state index in [1.54, 1.807) is 104 Å². The average Bonchev–Trinajstić information content (AvgIpc) is 3.60. The number of carbonyl (C=O) groups is 6. The maximum Gasteiger partial charge on any atom is 0.264 e. The first-order chi connectivity index (χ1) is 32.9. The Kier molecular flexibility index (Phi) is 26.0. The number of carbonyl (C=O) groups excluding carboxylic acids is 6. The maximum absolute atomic E-state index is 14.2. The fraction of sp³-hybridized carbons (Fsp3) is 0.423. The highest BCUT2D eigenvalue weighted by atomic mass is 32.2. The Balaban J connectivity index is 0.00000254. The summed E-state index contributed by atoms with van der Waals surface area (Å²) >= 11 is 3.24. The average molecular weight is 975 g/mol. The SMILES string of the molecule is CC.CC.CC.CCOc1cc(C(CSCCCSCC(c2ccc(OC)c(OCC)c2)N2C(=O)c3cccc(NC(C)=O)c3C2=O)N(C)C(=O)c2cccc(NC(C)=O)c2C=O)ccc1OC. The third-order valence-corrected chi connectivity index (χ3v) is 12.3. The molecule has 68 heavy (non-hydrogen) atoms. The summed E-state index contributed by atoms with van der Waals surface area (Å²) in [6, 6.07) is 19.4. The zero-order chi connectivity index (χ0) is 50.9. The van der Waals surface area contributed by atoms with Crippen LogP contribution in [0.3, 0.4) is 0 Å². The lowest BCUT2D eigenvalue weighted by molar-refractivity contribution is -0.115. The molecule has 5 amide bonds. The molecule has 0 saturated carbocycles. The van der Waals surface area contributed by atoms with Crippen molar-refractivity contribution in [1.29, 1.82) is 0 Å². The maximum atomic E-state index is 14.2. The first-order valence-electron chi connectivity index (χ1n) is 23.1.